The number of rotatable bonds is 3. The Kier molecular flexibility index (Phi) is 2.99. The standard InChI is InChI=1S/C13H19N5/c14-10-13(4-2-1-3-5-13)8-11-16-17-12-9-15-6-7-18(11)12/h6-7,9H,1-5,8,10,14H2. The molecule has 0 aromatic carbocycles. The predicted octanol–water partition coefficient (Wildman–Crippen LogP) is 1.58. The molecule has 3 rings (SSSR count). The monoisotopic (exact) mass is 245 g/mol. The van der Waals surface area contributed by atoms with Crippen molar-refractivity contribution < 1.29 is 0 Å². The number of hydrogen-bond donors (Lipinski definition) is 1. The van der Waals surface area contributed by atoms with Crippen molar-refractivity contribution in [3.63, 3.8) is 0 Å². The number of nitrogens with zero attached hydrogens (tertiary/aromatic N) is 4. The summed E-state index contributed by atoms with van der Waals surface area (Å²) in [6.07, 6.45) is 12.7. The van der Waals surface area contributed by atoms with E-state index >= 15 is 0 Å². The lowest BCUT2D eigenvalue weighted by Crippen LogP contribution is -2.35. The maximum atomic E-state index is 6.03. The summed E-state index contributed by atoms with van der Waals surface area (Å²) in [5.74, 6) is 1.01. The molecule has 0 saturated heterocycles. The SMILES string of the molecule is NCC1(Cc2nnc3cnccn23)CCCCC1. The zero-order chi connectivity index (χ0) is 12.4. The Morgan fingerprint density at radius 2 is 2.06 bits per heavy atom. The van der Waals surface area contributed by atoms with Gasteiger partial charge in [-0.05, 0) is 24.8 Å². The van der Waals surface area contributed by atoms with Gasteiger partial charge in [-0.25, -0.2) is 0 Å². The average molecular weight is 245 g/mol. The molecule has 1 fully saturated rings. The number of nitrogens with two attached hydrogens (primary N) is 1. The summed E-state index contributed by atoms with van der Waals surface area (Å²) in [6, 6.07) is 0. The van der Waals surface area contributed by atoms with E-state index < -0.39 is 0 Å². The first-order chi connectivity index (χ1) is 8.83. The molecule has 0 bridgehead atoms. The largest absolute Gasteiger partial charge is 0.330 e. The molecule has 0 aliphatic heterocycles. The minimum atomic E-state index is 0.227. The Labute approximate surface area is 106 Å². The van der Waals surface area contributed by atoms with Crippen LogP contribution in [0, 0.1) is 5.41 Å². The van der Waals surface area contributed by atoms with Crippen LogP contribution in [-0.2, 0) is 6.42 Å². The van der Waals surface area contributed by atoms with Crippen molar-refractivity contribution in [1.82, 2.24) is 19.6 Å². The van der Waals surface area contributed by atoms with Crippen LogP contribution in [-0.4, -0.2) is 26.1 Å². The van der Waals surface area contributed by atoms with Gasteiger partial charge in [0, 0.05) is 18.8 Å². The van der Waals surface area contributed by atoms with Gasteiger partial charge >= 0.3 is 0 Å². The smallest absolute Gasteiger partial charge is 0.179 e. The van der Waals surface area contributed by atoms with Crippen molar-refractivity contribution in [2.75, 3.05) is 6.54 Å². The molecule has 0 radical (unpaired) electrons. The van der Waals surface area contributed by atoms with Crippen molar-refractivity contribution in [3.8, 4) is 0 Å². The highest BCUT2D eigenvalue weighted by molar-refractivity contribution is 5.33. The number of hydrogen-bond acceptors (Lipinski definition) is 4. The van der Waals surface area contributed by atoms with E-state index in [1.54, 1.807) is 12.4 Å². The average Bonchev–Trinajstić information content (AvgIpc) is 2.83. The first kappa shape index (κ1) is 11.6. The number of aromatic nitrogens is 4. The van der Waals surface area contributed by atoms with Gasteiger partial charge in [-0.2, -0.15) is 0 Å². The van der Waals surface area contributed by atoms with Gasteiger partial charge in [0.1, 0.15) is 5.82 Å². The Morgan fingerprint density at radius 1 is 1.22 bits per heavy atom. The van der Waals surface area contributed by atoms with Crippen molar-refractivity contribution in [3.05, 3.63) is 24.4 Å². The summed E-state index contributed by atoms with van der Waals surface area (Å²) in [4.78, 5) is 4.06. The molecule has 1 aliphatic rings. The van der Waals surface area contributed by atoms with E-state index in [2.05, 4.69) is 15.2 Å². The van der Waals surface area contributed by atoms with Gasteiger partial charge in [-0.15, -0.1) is 10.2 Å². The zero-order valence-electron chi connectivity index (χ0n) is 10.5. The van der Waals surface area contributed by atoms with E-state index in [-0.39, 0.29) is 5.41 Å². The molecule has 2 aromatic heterocycles. The lowest BCUT2D eigenvalue weighted by Gasteiger charge is -2.35. The van der Waals surface area contributed by atoms with Crippen molar-refractivity contribution in [1.29, 1.82) is 0 Å². The second-order valence-corrected chi connectivity index (χ2v) is 5.36. The summed E-state index contributed by atoms with van der Waals surface area (Å²) in [5.41, 5.74) is 7.07. The van der Waals surface area contributed by atoms with Crippen LogP contribution in [0.3, 0.4) is 0 Å². The van der Waals surface area contributed by atoms with Gasteiger partial charge in [0.15, 0.2) is 5.65 Å². The Balaban J connectivity index is 1.90. The van der Waals surface area contributed by atoms with Crippen molar-refractivity contribution >= 4 is 5.65 Å². The third kappa shape index (κ3) is 1.99. The first-order valence-corrected chi connectivity index (χ1v) is 6.67. The van der Waals surface area contributed by atoms with E-state index in [1.807, 2.05) is 10.6 Å². The van der Waals surface area contributed by atoms with E-state index in [0.29, 0.717) is 0 Å². The van der Waals surface area contributed by atoms with E-state index in [4.69, 9.17) is 5.73 Å². The minimum Gasteiger partial charge on any atom is -0.330 e. The maximum absolute atomic E-state index is 6.03. The fourth-order valence-corrected chi connectivity index (χ4v) is 3.01. The van der Waals surface area contributed by atoms with E-state index in [1.165, 1.54) is 32.1 Å². The Morgan fingerprint density at radius 3 is 2.83 bits per heavy atom. The Bertz CT molecular complexity index is 527. The first-order valence-electron chi connectivity index (χ1n) is 6.67. The van der Waals surface area contributed by atoms with Crippen LogP contribution in [0.15, 0.2) is 18.6 Å². The molecule has 0 unspecified atom stereocenters. The highest BCUT2D eigenvalue weighted by Gasteiger charge is 2.32. The summed E-state index contributed by atoms with van der Waals surface area (Å²) in [5, 5.41) is 8.46. The van der Waals surface area contributed by atoms with Crippen molar-refractivity contribution in [2.24, 2.45) is 11.1 Å². The minimum absolute atomic E-state index is 0.227. The van der Waals surface area contributed by atoms with E-state index in [0.717, 1.165) is 24.4 Å². The van der Waals surface area contributed by atoms with Crippen LogP contribution >= 0.6 is 0 Å². The van der Waals surface area contributed by atoms with Crippen LogP contribution < -0.4 is 5.73 Å². The highest BCUT2D eigenvalue weighted by atomic mass is 15.2. The third-order valence-electron chi connectivity index (χ3n) is 4.16. The van der Waals surface area contributed by atoms with Crippen LogP contribution in [0.4, 0.5) is 0 Å². The highest BCUT2D eigenvalue weighted by Crippen LogP contribution is 2.37. The summed E-state index contributed by atoms with van der Waals surface area (Å²) >= 11 is 0. The molecule has 2 aromatic rings. The fourth-order valence-electron chi connectivity index (χ4n) is 3.01. The fraction of sp³-hybridized carbons (Fsp3) is 0.615. The molecule has 1 aliphatic carbocycles. The Hall–Kier alpha value is -1.49. The van der Waals surface area contributed by atoms with Gasteiger partial charge in [0.2, 0.25) is 0 Å². The number of fused-ring (bicyclic) bond motifs is 1. The van der Waals surface area contributed by atoms with Crippen LogP contribution in [0.25, 0.3) is 5.65 Å². The molecule has 0 atom stereocenters. The van der Waals surface area contributed by atoms with Crippen LogP contribution in [0.1, 0.15) is 37.9 Å². The second-order valence-electron chi connectivity index (χ2n) is 5.36. The molecular weight excluding hydrogens is 226 g/mol. The lowest BCUT2D eigenvalue weighted by atomic mass is 9.72. The van der Waals surface area contributed by atoms with Gasteiger partial charge in [0.25, 0.3) is 0 Å². The van der Waals surface area contributed by atoms with Crippen LogP contribution in [0.5, 0.6) is 0 Å². The van der Waals surface area contributed by atoms with Gasteiger partial charge in [-0.3, -0.25) is 9.38 Å². The molecule has 2 N–H and O–H groups in total. The molecule has 0 spiro atoms. The molecule has 5 nitrogen and oxygen atoms in total. The second kappa shape index (κ2) is 4.65. The summed E-state index contributed by atoms with van der Waals surface area (Å²) in [6.45, 7) is 0.743. The molecule has 1 saturated carbocycles. The topological polar surface area (TPSA) is 69.1 Å². The lowest BCUT2D eigenvalue weighted by molar-refractivity contribution is 0.193. The summed E-state index contributed by atoms with van der Waals surface area (Å²) in [7, 11) is 0. The molecular formula is C13H19N5. The predicted molar refractivity (Wildman–Crippen MR) is 69.1 cm³/mol. The van der Waals surface area contributed by atoms with E-state index in [9.17, 15) is 0 Å². The zero-order valence-corrected chi connectivity index (χ0v) is 10.5. The van der Waals surface area contributed by atoms with Gasteiger partial charge < -0.3 is 5.73 Å². The molecule has 0 amide bonds. The normalized spacial score (nSPS) is 19.2. The third-order valence-corrected chi connectivity index (χ3v) is 4.16. The van der Waals surface area contributed by atoms with Gasteiger partial charge in [-0.1, -0.05) is 19.3 Å². The summed E-state index contributed by atoms with van der Waals surface area (Å²) < 4.78 is 2.03. The maximum Gasteiger partial charge on any atom is 0.179 e. The molecule has 2 heterocycles. The van der Waals surface area contributed by atoms with Crippen molar-refractivity contribution in [2.45, 2.75) is 38.5 Å². The molecule has 5 heteroatoms. The molecule has 18 heavy (non-hydrogen) atoms. The molecule has 96 valence electrons. The van der Waals surface area contributed by atoms with Crippen LogP contribution in [0.2, 0.25) is 0 Å². The quantitative estimate of drug-likeness (QED) is 0.891. The van der Waals surface area contributed by atoms with Gasteiger partial charge in [0.05, 0.1) is 6.20 Å².